The van der Waals surface area contributed by atoms with Crippen molar-refractivity contribution in [3.63, 3.8) is 0 Å². The number of rotatable bonds is 4. The van der Waals surface area contributed by atoms with Crippen LogP contribution in [0.1, 0.15) is 19.8 Å². The van der Waals surface area contributed by atoms with Gasteiger partial charge < -0.3 is 25.4 Å². The molecule has 8 nitrogen and oxygen atoms in total. The Morgan fingerprint density at radius 2 is 2.00 bits per heavy atom. The van der Waals surface area contributed by atoms with Crippen LogP contribution in [0.15, 0.2) is 0 Å². The van der Waals surface area contributed by atoms with Gasteiger partial charge in [0.2, 0.25) is 5.91 Å². The van der Waals surface area contributed by atoms with Crippen LogP contribution in [0.3, 0.4) is 0 Å². The summed E-state index contributed by atoms with van der Waals surface area (Å²) in [5.74, 6) is -1.27. The third-order valence-corrected chi connectivity index (χ3v) is 3.99. The van der Waals surface area contributed by atoms with E-state index in [0.29, 0.717) is 26.2 Å². The van der Waals surface area contributed by atoms with Gasteiger partial charge >= 0.3 is 12.0 Å². The Kier molecular flexibility index (Phi) is 4.36. The first-order valence-electron chi connectivity index (χ1n) is 7.00. The zero-order chi connectivity index (χ0) is 15.6. The van der Waals surface area contributed by atoms with Gasteiger partial charge in [0, 0.05) is 13.1 Å². The van der Waals surface area contributed by atoms with E-state index in [1.807, 2.05) is 0 Å². The van der Waals surface area contributed by atoms with Crippen LogP contribution < -0.4 is 5.73 Å². The molecule has 3 amide bonds. The lowest BCUT2D eigenvalue weighted by Gasteiger charge is -2.49. The number of carboxylic acids is 1. The molecule has 0 aromatic rings. The summed E-state index contributed by atoms with van der Waals surface area (Å²) in [5.41, 5.74) is 4.66. The molecule has 1 unspecified atom stereocenters. The van der Waals surface area contributed by atoms with E-state index in [-0.39, 0.29) is 18.4 Å². The van der Waals surface area contributed by atoms with E-state index in [4.69, 9.17) is 15.6 Å². The quantitative estimate of drug-likeness (QED) is 0.725. The molecule has 2 aliphatic heterocycles. The molecule has 2 fully saturated rings. The van der Waals surface area contributed by atoms with Gasteiger partial charge in [0.25, 0.3) is 0 Å². The van der Waals surface area contributed by atoms with Crippen LogP contribution in [0.25, 0.3) is 0 Å². The van der Waals surface area contributed by atoms with Gasteiger partial charge in [-0.15, -0.1) is 0 Å². The minimum atomic E-state index is -1.02. The van der Waals surface area contributed by atoms with Gasteiger partial charge in [0.05, 0.1) is 19.0 Å². The molecule has 2 aliphatic rings. The normalized spacial score (nSPS) is 24.3. The number of primary amides is 1. The van der Waals surface area contributed by atoms with Crippen molar-refractivity contribution in [2.75, 3.05) is 32.8 Å². The lowest BCUT2D eigenvalue weighted by Crippen LogP contribution is -2.65. The Labute approximate surface area is 122 Å². The number of likely N-dealkylation sites (tertiary alicyclic amines) is 2. The van der Waals surface area contributed by atoms with Gasteiger partial charge in [-0.05, 0) is 19.8 Å². The smallest absolute Gasteiger partial charge is 0.329 e. The van der Waals surface area contributed by atoms with Crippen LogP contribution in [-0.2, 0) is 14.3 Å². The zero-order valence-corrected chi connectivity index (χ0v) is 12.1. The number of urea groups is 1. The van der Waals surface area contributed by atoms with Crippen molar-refractivity contribution in [3.8, 4) is 0 Å². The van der Waals surface area contributed by atoms with E-state index in [1.165, 1.54) is 4.90 Å². The highest BCUT2D eigenvalue weighted by molar-refractivity contribution is 5.81. The summed E-state index contributed by atoms with van der Waals surface area (Å²) in [6.07, 6.45) is 1.51. The monoisotopic (exact) mass is 299 g/mol. The molecule has 1 atom stereocenters. The van der Waals surface area contributed by atoms with Crippen molar-refractivity contribution in [1.82, 2.24) is 9.80 Å². The molecular formula is C13H21N3O5. The van der Waals surface area contributed by atoms with Gasteiger partial charge in [0.1, 0.15) is 12.2 Å². The van der Waals surface area contributed by atoms with Crippen molar-refractivity contribution in [2.45, 2.75) is 25.4 Å². The van der Waals surface area contributed by atoms with E-state index in [1.54, 1.807) is 11.8 Å². The molecule has 0 radical (unpaired) electrons. The second-order valence-corrected chi connectivity index (χ2v) is 5.95. The maximum Gasteiger partial charge on any atom is 0.329 e. The highest BCUT2D eigenvalue weighted by atomic mass is 16.5. The van der Waals surface area contributed by atoms with Crippen LogP contribution in [0.2, 0.25) is 0 Å². The minimum Gasteiger partial charge on any atom is -0.480 e. The molecular weight excluding hydrogens is 278 g/mol. The maximum absolute atomic E-state index is 12.3. The highest BCUT2D eigenvalue weighted by Crippen LogP contribution is 2.28. The number of piperidine rings is 1. The molecule has 2 heterocycles. The van der Waals surface area contributed by atoms with Crippen molar-refractivity contribution >= 4 is 17.9 Å². The van der Waals surface area contributed by atoms with Crippen molar-refractivity contribution in [1.29, 1.82) is 0 Å². The summed E-state index contributed by atoms with van der Waals surface area (Å²) in [7, 11) is 0. The number of carbonyl (C=O) groups excluding carboxylic acids is 2. The number of ether oxygens (including phenoxy) is 1. The van der Waals surface area contributed by atoms with Crippen LogP contribution >= 0.6 is 0 Å². The van der Waals surface area contributed by atoms with E-state index >= 15 is 0 Å². The topological polar surface area (TPSA) is 113 Å². The number of nitrogens with two attached hydrogens (primary N) is 1. The fourth-order valence-electron chi connectivity index (χ4n) is 2.88. The van der Waals surface area contributed by atoms with Crippen LogP contribution in [0.5, 0.6) is 0 Å². The summed E-state index contributed by atoms with van der Waals surface area (Å²) < 4.78 is 5.28. The summed E-state index contributed by atoms with van der Waals surface area (Å²) in [5, 5.41) is 8.60. The molecule has 8 heteroatoms. The Morgan fingerprint density at radius 3 is 2.57 bits per heavy atom. The largest absolute Gasteiger partial charge is 0.480 e. The minimum absolute atomic E-state index is 0.0163. The number of carboxylic acid groups (broad SMARTS) is 1. The average molecular weight is 299 g/mol. The first kappa shape index (κ1) is 15.6. The van der Waals surface area contributed by atoms with Gasteiger partial charge in [-0.2, -0.15) is 0 Å². The molecule has 3 N–H and O–H groups in total. The Morgan fingerprint density at radius 1 is 1.33 bits per heavy atom. The number of carbonyl (C=O) groups is 3. The Balaban J connectivity index is 1.83. The first-order valence-corrected chi connectivity index (χ1v) is 7.00. The van der Waals surface area contributed by atoms with Gasteiger partial charge in [-0.25, -0.2) is 9.59 Å². The molecule has 0 aromatic carbocycles. The number of hydrogen-bond donors (Lipinski definition) is 2. The van der Waals surface area contributed by atoms with Crippen molar-refractivity contribution in [3.05, 3.63) is 0 Å². The zero-order valence-electron chi connectivity index (χ0n) is 12.1. The van der Waals surface area contributed by atoms with Crippen LogP contribution in [0.4, 0.5) is 4.79 Å². The standard InChI is InChI=1S/C13H21N3O5/c1-13(21-6-10(17)18)7-16(8-13)11(19)9-3-2-4-15(5-9)12(14)20/h9H,2-8H2,1H3,(H2,14,20)(H,17,18). The first-order chi connectivity index (χ1) is 9.81. The SMILES string of the molecule is CC1(OCC(=O)O)CN(C(=O)C2CCCN(C(N)=O)C2)C1. The van der Waals surface area contributed by atoms with Gasteiger partial charge in [0.15, 0.2) is 0 Å². The van der Waals surface area contributed by atoms with Gasteiger partial charge in [-0.3, -0.25) is 4.79 Å². The molecule has 21 heavy (non-hydrogen) atoms. The van der Waals surface area contributed by atoms with Crippen LogP contribution in [0, 0.1) is 5.92 Å². The fourth-order valence-corrected chi connectivity index (χ4v) is 2.88. The molecule has 2 saturated heterocycles. The lowest BCUT2D eigenvalue weighted by atomic mass is 9.91. The third kappa shape index (κ3) is 3.63. The molecule has 0 bridgehead atoms. The summed E-state index contributed by atoms with van der Waals surface area (Å²) >= 11 is 0. The fraction of sp³-hybridized carbons (Fsp3) is 0.769. The summed E-state index contributed by atoms with van der Waals surface area (Å²) in [4.78, 5) is 37.2. The average Bonchev–Trinajstić information content (AvgIpc) is 2.41. The predicted molar refractivity (Wildman–Crippen MR) is 72.5 cm³/mol. The third-order valence-electron chi connectivity index (χ3n) is 3.99. The molecule has 118 valence electrons. The molecule has 0 saturated carbocycles. The Hall–Kier alpha value is -1.83. The van der Waals surface area contributed by atoms with E-state index in [0.717, 1.165) is 12.8 Å². The predicted octanol–water partition coefficient (Wildman–Crippen LogP) is -0.521. The van der Waals surface area contributed by atoms with E-state index < -0.39 is 17.6 Å². The summed E-state index contributed by atoms with van der Waals surface area (Å²) in [6.45, 7) is 3.14. The number of aliphatic carboxylic acids is 1. The summed E-state index contributed by atoms with van der Waals surface area (Å²) in [6, 6.07) is -0.495. The number of hydrogen-bond acceptors (Lipinski definition) is 4. The lowest BCUT2D eigenvalue weighted by molar-refractivity contribution is -0.176. The highest BCUT2D eigenvalue weighted by Gasteiger charge is 2.45. The molecule has 0 aromatic heterocycles. The van der Waals surface area contributed by atoms with Crippen molar-refractivity contribution in [2.24, 2.45) is 11.7 Å². The molecule has 2 rings (SSSR count). The molecule has 0 spiro atoms. The second kappa shape index (κ2) is 5.88. The van der Waals surface area contributed by atoms with Crippen LogP contribution in [-0.4, -0.2) is 71.2 Å². The van der Waals surface area contributed by atoms with Gasteiger partial charge in [-0.1, -0.05) is 0 Å². The van der Waals surface area contributed by atoms with Crippen molar-refractivity contribution < 1.29 is 24.2 Å². The Bertz CT molecular complexity index is 447. The molecule has 0 aliphatic carbocycles. The van der Waals surface area contributed by atoms with E-state index in [9.17, 15) is 14.4 Å². The number of amides is 3. The van der Waals surface area contributed by atoms with E-state index in [2.05, 4.69) is 0 Å². The second-order valence-electron chi connectivity index (χ2n) is 5.95. The maximum atomic E-state index is 12.3. The number of nitrogens with zero attached hydrogens (tertiary/aromatic N) is 2.